The van der Waals surface area contributed by atoms with Crippen LogP contribution in [0.2, 0.25) is 0 Å². The van der Waals surface area contributed by atoms with E-state index in [1.807, 2.05) is 6.26 Å². The Kier molecular flexibility index (Phi) is 4.74. The average Bonchev–Trinajstić information content (AvgIpc) is 1.88. The van der Waals surface area contributed by atoms with Crippen LogP contribution in [0.4, 0.5) is 4.79 Å². The monoisotopic (exact) mass is 162 g/mol. The van der Waals surface area contributed by atoms with Crippen LogP contribution >= 0.6 is 11.8 Å². The number of carbonyl (C=O) groups excluding carboxylic acids is 1. The number of carbonyl (C=O) groups is 1. The predicted molar refractivity (Wildman–Crippen MR) is 42.2 cm³/mol. The van der Waals surface area contributed by atoms with Crippen LogP contribution in [0.3, 0.4) is 0 Å². The van der Waals surface area contributed by atoms with E-state index < -0.39 is 6.09 Å². The number of hydrogen-bond donors (Lipinski definition) is 0. The molecule has 0 atom stereocenters. The number of hydrogen-bond acceptors (Lipinski definition) is 4. The summed E-state index contributed by atoms with van der Waals surface area (Å²) in [5, 5.41) is 3.36. The van der Waals surface area contributed by atoms with Crippen molar-refractivity contribution in [2.24, 2.45) is 5.16 Å². The number of thioether (sulfide) groups is 1. The van der Waals surface area contributed by atoms with Crippen molar-refractivity contribution in [2.45, 2.75) is 0 Å². The highest BCUT2D eigenvalue weighted by molar-refractivity contribution is 8.11. The van der Waals surface area contributed by atoms with Crippen LogP contribution in [-0.2, 0) is 4.84 Å². The van der Waals surface area contributed by atoms with Crippen LogP contribution < -0.4 is 0 Å². The van der Waals surface area contributed by atoms with Crippen LogP contribution in [0.25, 0.3) is 0 Å². The fraction of sp³-hybridized carbons (Fsp3) is 0.600. The van der Waals surface area contributed by atoms with E-state index in [-0.39, 0.29) is 0 Å². The Balaban J connectivity index is 3.49. The molecule has 58 valence electrons. The molecule has 10 heavy (non-hydrogen) atoms. The molecular weight excluding hydrogens is 152 g/mol. The lowest BCUT2D eigenvalue weighted by atomic mass is 10.9. The zero-order valence-corrected chi connectivity index (χ0v) is 7.01. The van der Waals surface area contributed by atoms with E-state index in [9.17, 15) is 4.79 Å². The molecule has 0 radical (unpaired) electrons. The van der Waals surface area contributed by atoms with Crippen LogP contribution in [0.15, 0.2) is 5.16 Å². The summed E-state index contributed by atoms with van der Waals surface area (Å²) < 4.78 is 0. The smallest absolute Gasteiger partial charge is 0.312 e. The summed E-state index contributed by atoms with van der Waals surface area (Å²) in [7, 11) is 3.19. The van der Waals surface area contributed by atoms with Crippen molar-refractivity contribution in [3.63, 3.8) is 0 Å². The SMILES string of the molecule is CS/C=N\OC(=O)N(C)C. The normalized spacial score (nSPS) is 9.90. The fourth-order valence-electron chi connectivity index (χ4n) is 0.191. The third kappa shape index (κ3) is 4.20. The predicted octanol–water partition coefficient (Wildman–Crippen LogP) is 0.991. The maximum atomic E-state index is 10.6. The summed E-state index contributed by atoms with van der Waals surface area (Å²) in [6.45, 7) is 0. The largest absolute Gasteiger partial charge is 0.435 e. The highest BCUT2D eigenvalue weighted by Gasteiger charge is 2.01. The van der Waals surface area contributed by atoms with Gasteiger partial charge in [-0.05, 0) is 6.26 Å². The highest BCUT2D eigenvalue weighted by Crippen LogP contribution is 1.88. The number of nitrogens with zero attached hydrogens (tertiary/aromatic N) is 2. The highest BCUT2D eigenvalue weighted by atomic mass is 32.2. The third-order valence-electron chi connectivity index (χ3n) is 0.644. The first-order valence-corrected chi connectivity index (χ1v) is 3.90. The van der Waals surface area contributed by atoms with E-state index in [2.05, 4.69) is 9.99 Å². The zero-order valence-electron chi connectivity index (χ0n) is 6.20. The van der Waals surface area contributed by atoms with Crippen LogP contribution in [0.5, 0.6) is 0 Å². The van der Waals surface area contributed by atoms with E-state index in [0.29, 0.717) is 0 Å². The molecule has 4 nitrogen and oxygen atoms in total. The molecule has 0 rings (SSSR count). The molecular formula is C5H10N2O2S. The van der Waals surface area contributed by atoms with Gasteiger partial charge < -0.3 is 4.90 Å². The molecule has 0 saturated carbocycles. The maximum Gasteiger partial charge on any atom is 0.435 e. The molecule has 0 aliphatic rings. The van der Waals surface area contributed by atoms with E-state index in [1.54, 1.807) is 14.1 Å². The van der Waals surface area contributed by atoms with Gasteiger partial charge in [0.15, 0.2) is 0 Å². The molecule has 0 spiro atoms. The Morgan fingerprint density at radius 3 is 2.70 bits per heavy atom. The lowest BCUT2D eigenvalue weighted by Gasteiger charge is -2.04. The van der Waals surface area contributed by atoms with Gasteiger partial charge in [-0.25, -0.2) is 4.79 Å². The van der Waals surface area contributed by atoms with E-state index in [4.69, 9.17) is 0 Å². The Morgan fingerprint density at radius 2 is 2.30 bits per heavy atom. The summed E-state index contributed by atoms with van der Waals surface area (Å²) in [6.07, 6.45) is 1.36. The van der Waals surface area contributed by atoms with Crippen molar-refractivity contribution >= 4 is 23.4 Å². The Hall–Kier alpha value is -0.710. The van der Waals surface area contributed by atoms with Crippen LogP contribution in [-0.4, -0.2) is 36.9 Å². The Morgan fingerprint density at radius 1 is 1.70 bits per heavy atom. The van der Waals surface area contributed by atoms with Gasteiger partial charge in [0.25, 0.3) is 0 Å². The first-order chi connectivity index (χ1) is 4.68. The second-order valence-electron chi connectivity index (χ2n) is 1.70. The molecule has 0 unspecified atom stereocenters. The molecule has 0 aromatic carbocycles. The number of rotatable bonds is 2. The van der Waals surface area contributed by atoms with Gasteiger partial charge in [0.1, 0.15) is 0 Å². The van der Waals surface area contributed by atoms with Crippen molar-refractivity contribution in [2.75, 3.05) is 20.4 Å². The van der Waals surface area contributed by atoms with Gasteiger partial charge in [0, 0.05) is 14.1 Å². The second kappa shape index (κ2) is 5.10. The molecule has 0 aromatic heterocycles. The van der Waals surface area contributed by atoms with Gasteiger partial charge >= 0.3 is 6.09 Å². The maximum absolute atomic E-state index is 10.6. The molecule has 0 heterocycles. The third-order valence-corrected chi connectivity index (χ3v) is 0.941. The first kappa shape index (κ1) is 9.29. The van der Waals surface area contributed by atoms with Crippen molar-refractivity contribution in [1.82, 2.24) is 4.90 Å². The Bertz CT molecular complexity index is 136. The molecule has 0 aliphatic carbocycles. The number of oxime groups is 1. The Labute approximate surface area is 64.2 Å². The quantitative estimate of drug-likeness (QED) is 0.263. The number of amides is 1. The van der Waals surface area contributed by atoms with Crippen molar-refractivity contribution in [1.29, 1.82) is 0 Å². The van der Waals surface area contributed by atoms with Gasteiger partial charge in [-0.1, -0.05) is 5.16 Å². The van der Waals surface area contributed by atoms with E-state index in [0.717, 1.165) is 0 Å². The topological polar surface area (TPSA) is 41.9 Å². The standard InChI is InChI=1S/C5H10N2O2S/c1-7(2)5(8)9-6-4-10-3/h4H,1-3H3/b6-4-. The first-order valence-electron chi connectivity index (χ1n) is 2.61. The lowest BCUT2D eigenvalue weighted by Crippen LogP contribution is -2.20. The van der Waals surface area contributed by atoms with Gasteiger partial charge in [-0.3, -0.25) is 4.84 Å². The molecule has 1 amide bonds. The van der Waals surface area contributed by atoms with E-state index in [1.165, 1.54) is 22.2 Å². The lowest BCUT2D eigenvalue weighted by molar-refractivity contribution is 0.123. The van der Waals surface area contributed by atoms with Crippen molar-refractivity contribution in [3.05, 3.63) is 0 Å². The molecule has 0 N–H and O–H groups in total. The fourth-order valence-corrected chi connectivity index (χ4v) is 0.320. The van der Waals surface area contributed by atoms with Gasteiger partial charge in [-0.15, -0.1) is 11.8 Å². The van der Waals surface area contributed by atoms with Crippen LogP contribution in [0, 0.1) is 0 Å². The zero-order chi connectivity index (χ0) is 7.98. The molecule has 0 bridgehead atoms. The van der Waals surface area contributed by atoms with Crippen molar-refractivity contribution < 1.29 is 9.63 Å². The summed E-state index contributed by atoms with van der Waals surface area (Å²) in [6, 6.07) is 0. The van der Waals surface area contributed by atoms with Crippen LogP contribution in [0.1, 0.15) is 0 Å². The molecule has 5 heteroatoms. The summed E-state index contributed by atoms with van der Waals surface area (Å²) in [4.78, 5) is 16.3. The van der Waals surface area contributed by atoms with E-state index >= 15 is 0 Å². The van der Waals surface area contributed by atoms with Gasteiger partial charge in [0.05, 0.1) is 5.55 Å². The molecule has 0 aromatic rings. The summed E-state index contributed by atoms with van der Waals surface area (Å²) in [5.41, 5.74) is 1.45. The van der Waals surface area contributed by atoms with Crippen molar-refractivity contribution in [3.8, 4) is 0 Å². The minimum absolute atomic E-state index is 0.467. The summed E-state index contributed by atoms with van der Waals surface area (Å²) >= 11 is 1.37. The molecule has 0 fully saturated rings. The van der Waals surface area contributed by atoms with Gasteiger partial charge in [0.2, 0.25) is 0 Å². The minimum Gasteiger partial charge on any atom is -0.312 e. The summed E-state index contributed by atoms with van der Waals surface area (Å²) in [5.74, 6) is 0. The molecule has 0 aliphatic heterocycles. The second-order valence-corrected chi connectivity index (χ2v) is 2.38. The van der Waals surface area contributed by atoms with Gasteiger partial charge in [-0.2, -0.15) is 0 Å². The average molecular weight is 162 g/mol. The minimum atomic E-state index is -0.467. The molecule has 0 saturated heterocycles.